The molecular formula is C20H18ClN3O8S. The van der Waals surface area contributed by atoms with Crippen LogP contribution in [0.1, 0.15) is 12.5 Å². The van der Waals surface area contributed by atoms with Crippen molar-refractivity contribution in [1.29, 1.82) is 0 Å². The number of carbonyl (C=O) groups excluding carboxylic acids is 4. The average molecular weight is 496 g/mol. The highest BCUT2D eigenvalue weighted by molar-refractivity contribution is 8.00. The van der Waals surface area contributed by atoms with Crippen LogP contribution in [-0.2, 0) is 33.5 Å². The van der Waals surface area contributed by atoms with Gasteiger partial charge in [0.2, 0.25) is 0 Å². The number of oxime groups is 1. The summed E-state index contributed by atoms with van der Waals surface area (Å²) in [5.74, 6) is -4.53. The zero-order chi connectivity index (χ0) is 24.1. The highest BCUT2D eigenvalue weighted by Gasteiger charge is 2.54. The summed E-state index contributed by atoms with van der Waals surface area (Å²) in [6, 6.07) is 7.08. The van der Waals surface area contributed by atoms with E-state index in [0.29, 0.717) is 5.56 Å². The molecule has 3 rings (SSSR count). The molecule has 0 unspecified atom stereocenters. The summed E-state index contributed by atoms with van der Waals surface area (Å²) in [5.41, 5.74) is 0.0675. The van der Waals surface area contributed by atoms with Crippen molar-refractivity contribution < 1.29 is 38.7 Å². The van der Waals surface area contributed by atoms with Gasteiger partial charge >= 0.3 is 17.9 Å². The van der Waals surface area contributed by atoms with Crippen molar-refractivity contribution in [1.82, 2.24) is 10.2 Å². The van der Waals surface area contributed by atoms with Gasteiger partial charge in [-0.15, -0.1) is 23.4 Å². The number of aliphatic carboxylic acids is 1. The molecule has 1 aromatic rings. The Hall–Kier alpha value is -3.38. The van der Waals surface area contributed by atoms with E-state index in [2.05, 4.69) is 15.3 Å². The number of alkyl halides is 1. The first-order valence-corrected chi connectivity index (χ1v) is 11.1. The maximum absolute atomic E-state index is 12.9. The molecule has 0 bridgehead atoms. The number of carboxylic acid groups (broad SMARTS) is 1. The molecule has 33 heavy (non-hydrogen) atoms. The molecule has 1 saturated heterocycles. The van der Waals surface area contributed by atoms with Crippen LogP contribution in [0.15, 0.2) is 46.8 Å². The van der Waals surface area contributed by atoms with Crippen LogP contribution in [0.2, 0.25) is 0 Å². The molecule has 2 aliphatic rings. The molecule has 0 aromatic heterocycles. The van der Waals surface area contributed by atoms with Crippen molar-refractivity contribution in [3.05, 3.63) is 47.2 Å². The molecule has 0 aliphatic carbocycles. The largest absolute Gasteiger partial charge is 0.477 e. The molecule has 0 spiro atoms. The Balaban J connectivity index is 1.79. The molecule has 2 amide bonds. The van der Waals surface area contributed by atoms with E-state index >= 15 is 0 Å². The van der Waals surface area contributed by atoms with E-state index in [9.17, 15) is 29.1 Å². The number of hydrogen-bond acceptors (Lipinski definition) is 9. The predicted molar refractivity (Wildman–Crippen MR) is 116 cm³/mol. The third kappa shape index (κ3) is 5.34. The highest BCUT2D eigenvalue weighted by atomic mass is 35.5. The topological polar surface area (TPSA) is 152 Å². The molecule has 13 heteroatoms. The normalized spacial score (nSPS) is 19.9. The minimum absolute atomic E-state index is 0.183. The SMILES string of the molecule is CC(=O)OCC1=C(C(=O)O)N2C(=O)[C@@H](NC(=O)C(=NOC(=O)CCl)c3ccccc3)[C@@H]2SC1. The third-order valence-electron chi connectivity index (χ3n) is 4.60. The molecule has 2 N–H and O–H groups in total. The van der Waals surface area contributed by atoms with Crippen LogP contribution in [-0.4, -0.2) is 75.1 Å². The number of nitrogens with one attached hydrogen (secondary N) is 1. The Morgan fingerprint density at radius 1 is 1.27 bits per heavy atom. The fourth-order valence-electron chi connectivity index (χ4n) is 3.13. The quantitative estimate of drug-likeness (QED) is 0.131. The van der Waals surface area contributed by atoms with Gasteiger partial charge in [0.05, 0.1) is 0 Å². The number of carboxylic acids is 1. The van der Waals surface area contributed by atoms with Crippen molar-refractivity contribution in [3.8, 4) is 0 Å². The molecule has 1 aromatic carbocycles. The summed E-state index contributed by atoms with van der Waals surface area (Å²) in [6.07, 6.45) is 0. The van der Waals surface area contributed by atoms with Crippen molar-refractivity contribution in [3.63, 3.8) is 0 Å². The lowest BCUT2D eigenvalue weighted by atomic mass is 10.0. The van der Waals surface area contributed by atoms with E-state index < -0.39 is 47.0 Å². The van der Waals surface area contributed by atoms with Gasteiger partial charge in [0.15, 0.2) is 5.71 Å². The summed E-state index contributed by atoms with van der Waals surface area (Å²) < 4.78 is 4.88. The monoisotopic (exact) mass is 495 g/mol. The molecule has 2 heterocycles. The van der Waals surface area contributed by atoms with Gasteiger partial charge in [-0.2, -0.15) is 0 Å². The van der Waals surface area contributed by atoms with Crippen molar-refractivity contribution in [2.45, 2.75) is 18.3 Å². The second kappa shape index (κ2) is 10.5. The number of ether oxygens (including phenoxy) is 1. The van der Waals surface area contributed by atoms with Gasteiger partial charge in [-0.3, -0.25) is 19.3 Å². The van der Waals surface area contributed by atoms with E-state index in [0.717, 1.165) is 4.90 Å². The first-order chi connectivity index (χ1) is 15.7. The van der Waals surface area contributed by atoms with Crippen molar-refractivity contribution >= 4 is 58.8 Å². The lowest BCUT2D eigenvalue weighted by Crippen LogP contribution is -2.71. The van der Waals surface area contributed by atoms with Crippen LogP contribution >= 0.6 is 23.4 Å². The second-order valence-electron chi connectivity index (χ2n) is 6.80. The van der Waals surface area contributed by atoms with Crippen LogP contribution in [0.5, 0.6) is 0 Å². The highest BCUT2D eigenvalue weighted by Crippen LogP contribution is 2.40. The summed E-state index contributed by atoms with van der Waals surface area (Å²) >= 11 is 6.60. The van der Waals surface area contributed by atoms with Crippen molar-refractivity contribution in [2.24, 2.45) is 5.16 Å². The summed E-state index contributed by atoms with van der Waals surface area (Å²) in [7, 11) is 0. The van der Waals surface area contributed by atoms with Crippen LogP contribution in [0.3, 0.4) is 0 Å². The van der Waals surface area contributed by atoms with Gasteiger partial charge in [-0.05, 0) is 0 Å². The number of carbonyl (C=O) groups is 5. The molecule has 174 valence electrons. The van der Waals surface area contributed by atoms with E-state index in [1.807, 2.05) is 0 Å². The first kappa shape index (κ1) is 24.3. The van der Waals surface area contributed by atoms with E-state index in [4.69, 9.17) is 16.3 Å². The van der Waals surface area contributed by atoms with Gasteiger partial charge in [-0.25, -0.2) is 9.59 Å². The maximum Gasteiger partial charge on any atom is 0.352 e. The molecule has 0 saturated carbocycles. The fraction of sp³-hybridized carbons (Fsp3) is 0.300. The van der Waals surface area contributed by atoms with E-state index in [1.54, 1.807) is 30.3 Å². The summed E-state index contributed by atoms with van der Waals surface area (Å²) in [4.78, 5) is 65.6. The number of esters is 1. The number of β-lactam (4-membered cyclic amide) rings is 1. The van der Waals surface area contributed by atoms with Gasteiger partial charge < -0.3 is 20.0 Å². The number of benzene rings is 1. The second-order valence-corrected chi connectivity index (χ2v) is 8.17. The van der Waals surface area contributed by atoms with Crippen LogP contribution in [0, 0.1) is 0 Å². The van der Waals surface area contributed by atoms with Gasteiger partial charge in [0.25, 0.3) is 11.8 Å². The Morgan fingerprint density at radius 2 is 1.97 bits per heavy atom. The molecule has 1 fully saturated rings. The number of amides is 2. The first-order valence-electron chi connectivity index (χ1n) is 9.48. The Morgan fingerprint density at radius 3 is 2.58 bits per heavy atom. The minimum Gasteiger partial charge on any atom is -0.477 e. The number of hydrogen-bond donors (Lipinski definition) is 2. The van der Waals surface area contributed by atoms with Crippen LogP contribution < -0.4 is 5.32 Å². The Labute approximate surface area is 196 Å². The lowest BCUT2D eigenvalue weighted by molar-refractivity contribution is -0.150. The summed E-state index contributed by atoms with van der Waals surface area (Å²) in [6.45, 7) is 0.935. The molecule has 11 nitrogen and oxygen atoms in total. The molecule has 2 atom stereocenters. The molecular weight excluding hydrogens is 478 g/mol. The Bertz CT molecular complexity index is 1060. The average Bonchev–Trinajstić information content (AvgIpc) is 2.80. The number of fused-ring (bicyclic) bond motifs is 1. The van der Waals surface area contributed by atoms with Crippen LogP contribution in [0.25, 0.3) is 0 Å². The standard InChI is InChI=1S/C20H18ClN3O8S/c1-10(25)31-8-12-9-33-19-15(18(28)24(19)16(12)20(29)30)22-17(27)14(23-32-13(26)7-21)11-5-3-2-4-6-11/h2-6,15,19H,7-9H2,1H3,(H,22,27)(H,29,30)/t15-,19+/m1/s1. The van der Waals surface area contributed by atoms with E-state index in [1.165, 1.54) is 18.7 Å². The lowest BCUT2D eigenvalue weighted by Gasteiger charge is -2.49. The third-order valence-corrected chi connectivity index (χ3v) is 6.15. The predicted octanol–water partition coefficient (Wildman–Crippen LogP) is 0.474. The van der Waals surface area contributed by atoms with Crippen molar-refractivity contribution in [2.75, 3.05) is 18.2 Å². The van der Waals surface area contributed by atoms with Gasteiger partial charge in [0.1, 0.15) is 29.6 Å². The fourth-order valence-corrected chi connectivity index (χ4v) is 4.51. The minimum atomic E-state index is -1.35. The van der Waals surface area contributed by atoms with E-state index in [-0.39, 0.29) is 29.3 Å². The number of halogens is 1. The van der Waals surface area contributed by atoms with Gasteiger partial charge in [0, 0.05) is 23.8 Å². The number of thioether (sulfide) groups is 1. The van der Waals surface area contributed by atoms with Crippen LogP contribution in [0.4, 0.5) is 0 Å². The van der Waals surface area contributed by atoms with Gasteiger partial charge in [-0.1, -0.05) is 35.5 Å². The zero-order valence-electron chi connectivity index (χ0n) is 17.1. The Kier molecular flexibility index (Phi) is 7.71. The molecule has 0 radical (unpaired) electrons. The summed E-state index contributed by atoms with van der Waals surface area (Å²) in [5, 5.41) is 15.0. The zero-order valence-corrected chi connectivity index (χ0v) is 18.7. The molecule has 2 aliphatic heterocycles. The smallest absolute Gasteiger partial charge is 0.352 e. The number of rotatable bonds is 8. The number of nitrogens with zero attached hydrogens (tertiary/aromatic N) is 2. The maximum atomic E-state index is 12.9.